The van der Waals surface area contributed by atoms with E-state index >= 15 is 0 Å². The number of aromatic nitrogens is 1. The molecule has 1 heterocycles. The van der Waals surface area contributed by atoms with Gasteiger partial charge in [0.2, 0.25) is 5.89 Å². The van der Waals surface area contributed by atoms with Crippen LogP contribution < -0.4 is 4.90 Å². The molecule has 0 aliphatic heterocycles. The van der Waals surface area contributed by atoms with Crippen LogP contribution in [0.25, 0.3) is 11.5 Å². The summed E-state index contributed by atoms with van der Waals surface area (Å²) in [6.07, 6.45) is 1.21. The molecule has 1 N–H and O–H groups in total. The third-order valence-corrected chi connectivity index (χ3v) is 3.82. The first kappa shape index (κ1) is 16.6. The SMILES string of the molecule is C[C@H](O)CN(Cc1coc(-c2cccc(Cl)c2)n1)c1ccccc1. The maximum absolute atomic E-state index is 9.78. The van der Waals surface area contributed by atoms with E-state index in [4.69, 9.17) is 16.0 Å². The summed E-state index contributed by atoms with van der Waals surface area (Å²) in [4.78, 5) is 6.62. The molecule has 0 saturated heterocycles. The molecular weight excluding hydrogens is 324 g/mol. The molecular formula is C19H19ClN2O2. The van der Waals surface area contributed by atoms with Crippen LogP contribution in [0.5, 0.6) is 0 Å². The van der Waals surface area contributed by atoms with Gasteiger partial charge in [0.15, 0.2) is 0 Å². The summed E-state index contributed by atoms with van der Waals surface area (Å²) in [5, 5.41) is 10.4. The number of hydrogen-bond donors (Lipinski definition) is 1. The Labute approximate surface area is 146 Å². The minimum Gasteiger partial charge on any atom is -0.444 e. The van der Waals surface area contributed by atoms with Crippen LogP contribution in [0.2, 0.25) is 5.02 Å². The molecule has 0 aliphatic rings. The highest BCUT2D eigenvalue weighted by molar-refractivity contribution is 6.30. The number of benzene rings is 2. The predicted octanol–water partition coefficient (Wildman–Crippen LogP) is 4.38. The molecule has 0 bridgehead atoms. The Morgan fingerprint density at radius 1 is 1.17 bits per heavy atom. The van der Waals surface area contributed by atoms with Gasteiger partial charge in [0, 0.05) is 22.8 Å². The van der Waals surface area contributed by atoms with Crippen LogP contribution in [-0.4, -0.2) is 22.7 Å². The minimum atomic E-state index is -0.440. The fraction of sp³-hybridized carbons (Fsp3) is 0.211. The van der Waals surface area contributed by atoms with Crippen molar-refractivity contribution in [2.75, 3.05) is 11.4 Å². The quantitative estimate of drug-likeness (QED) is 0.722. The molecule has 3 aromatic rings. The van der Waals surface area contributed by atoms with Crippen molar-refractivity contribution in [3.8, 4) is 11.5 Å². The first-order chi connectivity index (χ1) is 11.6. The minimum absolute atomic E-state index is 0.440. The third-order valence-electron chi connectivity index (χ3n) is 3.58. The lowest BCUT2D eigenvalue weighted by molar-refractivity contribution is 0.199. The Bertz CT molecular complexity index is 787. The molecule has 0 saturated carbocycles. The molecule has 5 heteroatoms. The number of rotatable bonds is 6. The number of nitrogens with zero attached hydrogens (tertiary/aromatic N) is 2. The molecule has 124 valence electrons. The van der Waals surface area contributed by atoms with Gasteiger partial charge >= 0.3 is 0 Å². The molecule has 0 unspecified atom stereocenters. The van der Waals surface area contributed by atoms with Gasteiger partial charge in [-0.2, -0.15) is 0 Å². The number of anilines is 1. The van der Waals surface area contributed by atoms with E-state index in [1.165, 1.54) is 0 Å². The average Bonchev–Trinajstić information content (AvgIpc) is 3.03. The topological polar surface area (TPSA) is 49.5 Å². The Morgan fingerprint density at radius 3 is 2.67 bits per heavy atom. The van der Waals surface area contributed by atoms with Crippen LogP contribution in [-0.2, 0) is 6.54 Å². The molecule has 4 nitrogen and oxygen atoms in total. The van der Waals surface area contributed by atoms with Crippen molar-refractivity contribution in [1.29, 1.82) is 0 Å². The molecule has 1 aromatic heterocycles. The van der Waals surface area contributed by atoms with Gasteiger partial charge in [0.25, 0.3) is 0 Å². The highest BCUT2D eigenvalue weighted by Crippen LogP contribution is 2.23. The second-order valence-corrected chi connectivity index (χ2v) is 6.16. The smallest absolute Gasteiger partial charge is 0.226 e. The number of aliphatic hydroxyl groups excluding tert-OH is 1. The van der Waals surface area contributed by atoms with E-state index in [9.17, 15) is 5.11 Å². The standard InChI is InChI=1S/C19H19ClN2O2/c1-14(23)11-22(18-8-3-2-4-9-18)12-17-13-24-19(21-17)15-6-5-7-16(20)10-15/h2-10,13-14,23H,11-12H2,1H3/t14-/m0/s1. The zero-order valence-electron chi connectivity index (χ0n) is 13.4. The summed E-state index contributed by atoms with van der Waals surface area (Å²) < 4.78 is 5.59. The molecule has 0 fully saturated rings. The Kier molecular flexibility index (Phi) is 5.18. The van der Waals surface area contributed by atoms with Crippen molar-refractivity contribution >= 4 is 17.3 Å². The lowest BCUT2D eigenvalue weighted by Gasteiger charge is -2.25. The van der Waals surface area contributed by atoms with Crippen LogP contribution in [0.3, 0.4) is 0 Å². The monoisotopic (exact) mass is 342 g/mol. The van der Waals surface area contributed by atoms with Crippen LogP contribution >= 0.6 is 11.6 Å². The summed E-state index contributed by atoms with van der Waals surface area (Å²) in [6, 6.07) is 17.4. The number of hydrogen-bond acceptors (Lipinski definition) is 4. The summed E-state index contributed by atoms with van der Waals surface area (Å²) in [5.74, 6) is 0.539. The van der Waals surface area contributed by atoms with E-state index in [-0.39, 0.29) is 0 Å². The van der Waals surface area contributed by atoms with Crippen molar-refractivity contribution in [3.63, 3.8) is 0 Å². The number of aliphatic hydroxyl groups is 1. The van der Waals surface area contributed by atoms with E-state index in [1.807, 2.05) is 54.6 Å². The van der Waals surface area contributed by atoms with Gasteiger partial charge in [-0.3, -0.25) is 0 Å². The fourth-order valence-corrected chi connectivity index (χ4v) is 2.74. The fourth-order valence-electron chi connectivity index (χ4n) is 2.55. The molecule has 3 rings (SSSR count). The van der Waals surface area contributed by atoms with Gasteiger partial charge in [0.05, 0.1) is 18.3 Å². The number of para-hydroxylation sites is 1. The first-order valence-corrected chi connectivity index (χ1v) is 8.18. The van der Waals surface area contributed by atoms with Gasteiger partial charge in [-0.05, 0) is 37.3 Å². The third kappa shape index (κ3) is 4.16. The molecule has 24 heavy (non-hydrogen) atoms. The van der Waals surface area contributed by atoms with E-state index in [1.54, 1.807) is 13.2 Å². The molecule has 0 amide bonds. The van der Waals surface area contributed by atoms with E-state index in [0.717, 1.165) is 16.9 Å². The van der Waals surface area contributed by atoms with E-state index in [2.05, 4.69) is 9.88 Å². The van der Waals surface area contributed by atoms with E-state index in [0.29, 0.717) is 24.0 Å². The van der Waals surface area contributed by atoms with Crippen LogP contribution in [0, 0.1) is 0 Å². The zero-order chi connectivity index (χ0) is 16.9. The molecule has 0 radical (unpaired) electrons. The van der Waals surface area contributed by atoms with Crippen molar-refractivity contribution in [2.45, 2.75) is 19.6 Å². The zero-order valence-corrected chi connectivity index (χ0v) is 14.1. The highest BCUT2D eigenvalue weighted by atomic mass is 35.5. The molecule has 0 aliphatic carbocycles. The van der Waals surface area contributed by atoms with Gasteiger partial charge in [0.1, 0.15) is 6.26 Å². The Morgan fingerprint density at radius 2 is 1.96 bits per heavy atom. The molecule has 1 atom stereocenters. The molecule has 0 spiro atoms. The van der Waals surface area contributed by atoms with Crippen molar-refractivity contribution in [3.05, 3.63) is 71.6 Å². The molecule has 2 aromatic carbocycles. The largest absolute Gasteiger partial charge is 0.444 e. The van der Waals surface area contributed by atoms with Gasteiger partial charge in [-0.1, -0.05) is 35.9 Å². The predicted molar refractivity (Wildman–Crippen MR) is 96.1 cm³/mol. The van der Waals surface area contributed by atoms with Crippen LogP contribution in [0.1, 0.15) is 12.6 Å². The summed E-state index contributed by atoms with van der Waals surface area (Å²) >= 11 is 6.02. The van der Waals surface area contributed by atoms with Gasteiger partial charge in [-0.15, -0.1) is 0 Å². The lowest BCUT2D eigenvalue weighted by Crippen LogP contribution is -2.30. The average molecular weight is 343 g/mol. The van der Waals surface area contributed by atoms with Crippen LogP contribution in [0.15, 0.2) is 65.3 Å². The Balaban J connectivity index is 1.81. The first-order valence-electron chi connectivity index (χ1n) is 7.80. The summed E-state index contributed by atoms with van der Waals surface area (Å²) in [5.41, 5.74) is 2.68. The van der Waals surface area contributed by atoms with Gasteiger partial charge in [-0.25, -0.2) is 4.98 Å². The maximum Gasteiger partial charge on any atom is 0.226 e. The number of halogens is 1. The summed E-state index contributed by atoms with van der Waals surface area (Å²) in [6.45, 7) is 2.85. The summed E-state index contributed by atoms with van der Waals surface area (Å²) in [7, 11) is 0. The second-order valence-electron chi connectivity index (χ2n) is 5.72. The number of oxazole rings is 1. The second kappa shape index (κ2) is 7.51. The van der Waals surface area contributed by atoms with E-state index < -0.39 is 6.10 Å². The van der Waals surface area contributed by atoms with Crippen molar-refractivity contribution in [1.82, 2.24) is 4.98 Å². The lowest BCUT2D eigenvalue weighted by atomic mass is 10.2. The maximum atomic E-state index is 9.78. The normalized spacial score (nSPS) is 12.1. The Hall–Kier alpha value is -2.30. The van der Waals surface area contributed by atoms with Crippen LogP contribution in [0.4, 0.5) is 5.69 Å². The van der Waals surface area contributed by atoms with Crippen molar-refractivity contribution in [2.24, 2.45) is 0 Å². The van der Waals surface area contributed by atoms with Crippen molar-refractivity contribution < 1.29 is 9.52 Å². The van der Waals surface area contributed by atoms with Gasteiger partial charge < -0.3 is 14.4 Å². The highest BCUT2D eigenvalue weighted by Gasteiger charge is 2.14.